The second-order valence-corrected chi connectivity index (χ2v) is 4.66. The maximum absolute atomic E-state index is 13.3. The van der Waals surface area contributed by atoms with E-state index in [4.69, 9.17) is 9.47 Å². The number of alkyl halides is 3. The molecule has 0 spiro atoms. The van der Waals surface area contributed by atoms with Crippen LogP contribution in [-0.4, -0.2) is 31.9 Å². The molecule has 7 heteroatoms. The fourth-order valence-corrected chi connectivity index (χ4v) is 2.07. The lowest BCUT2D eigenvalue weighted by molar-refractivity contribution is -0.172. The highest BCUT2D eigenvalue weighted by molar-refractivity contribution is 5.74. The molecule has 1 aromatic carbocycles. The van der Waals surface area contributed by atoms with Gasteiger partial charge in [-0.3, -0.25) is 4.79 Å². The summed E-state index contributed by atoms with van der Waals surface area (Å²) in [4.78, 5) is 11.8. The van der Waals surface area contributed by atoms with Gasteiger partial charge >= 0.3 is 12.1 Å². The zero-order valence-electron chi connectivity index (χ0n) is 12.7. The lowest BCUT2D eigenvalue weighted by Crippen LogP contribution is -2.46. The summed E-state index contributed by atoms with van der Waals surface area (Å²) in [6.45, 7) is 3.13. The van der Waals surface area contributed by atoms with Gasteiger partial charge in [-0.1, -0.05) is 6.92 Å². The van der Waals surface area contributed by atoms with Crippen molar-refractivity contribution >= 4 is 11.7 Å². The fraction of sp³-hybridized carbons (Fsp3) is 0.533. The third-order valence-corrected chi connectivity index (χ3v) is 3.20. The summed E-state index contributed by atoms with van der Waals surface area (Å²) in [5.41, 5.74) is 0.255. The predicted molar refractivity (Wildman–Crippen MR) is 76.9 cm³/mol. The largest absolute Gasteiger partial charge is 0.497 e. The van der Waals surface area contributed by atoms with Crippen LogP contribution >= 0.6 is 0 Å². The van der Waals surface area contributed by atoms with Crippen LogP contribution in [0.5, 0.6) is 5.75 Å². The highest BCUT2D eigenvalue weighted by atomic mass is 19.4. The van der Waals surface area contributed by atoms with Crippen molar-refractivity contribution in [3.8, 4) is 5.75 Å². The average Bonchev–Trinajstić information content (AvgIpc) is 2.47. The molecule has 124 valence electrons. The van der Waals surface area contributed by atoms with Gasteiger partial charge in [-0.25, -0.2) is 0 Å². The molecular weight excluding hydrogens is 299 g/mol. The molecule has 4 nitrogen and oxygen atoms in total. The molecule has 0 fully saturated rings. The van der Waals surface area contributed by atoms with Gasteiger partial charge in [-0.2, -0.15) is 13.2 Å². The Morgan fingerprint density at radius 1 is 1.23 bits per heavy atom. The third kappa shape index (κ3) is 4.82. The van der Waals surface area contributed by atoms with E-state index in [1.807, 2.05) is 0 Å². The maximum Gasteiger partial charge on any atom is 0.409 e. The third-order valence-electron chi connectivity index (χ3n) is 3.20. The average molecular weight is 319 g/mol. The van der Waals surface area contributed by atoms with E-state index in [1.54, 1.807) is 19.1 Å². The smallest absolute Gasteiger partial charge is 0.409 e. The molecule has 0 unspecified atom stereocenters. The number of ether oxygens (including phenoxy) is 2. The molecule has 0 radical (unpaired) electrons. The molecular formula is C15H20F3NO3. The van der Waals surface area contributed by atoms with Crippen molar-refractivity contribution in [3.63, 3.8) is 0 Å². The number of nitrogens with one attached hydrogen (secondary N) is 1. The summed E-state index contributed by atoms with van der Waals surface area (Å²) in [5.74, 6) is -1.62. The molecule has 1 rings (SSSR count). The second kappa shape index (κ2) is 7.91. The quantitative estimate of drug-likeness (QED) is 0.780. The van der Waals surface area contributed by atoms with Crippen LogP contribution in [0.15, 0.2) is 24.3 Å². The number of hydrogen-bond donors (Lipinski definition) is 1. The molecule has 0 aliphatic heterocycles. The topological polar surface area (TPSA) is 47.6 Å². The molecule has 0 aromatic heterocycles. The van der Waals surface area contributed by atoms with Crippen molar-refractivity contribution in [2.45, 2.75) is 32.5 Å². The van der Waals surface area contributed by atoms with E-state index in [-0.39, 0.29) is 18.7 Å². The number of anilines is 1. The number of rotatable bonds is 7. The van der Waals surface area contributed by atoms with Crippen molar-refractivity contribution in [3.05, 3.63) is 24.3 Å². The number of halogens is 3. The van der Waals surface area contributed by atoms with Crippen LogP contribution < -0.4 is 10.1 Å². The van der Waals surface area contributed by atoms with Gasteiger partial charge in [-0.05, 0) is 37.6 Å². The van der Waals surface area contributed by atoms with Crippen LogP contribution in [0.2, 0.25) is 0 Å². The minimum absolute atomic E-state index is 0.0200. The van der Waals surface area contributed by atoms with Crippen molar-refractivity contribution < 1.29 is 27.4 Å². The first-order chi connectivity index (χ1) is 10.3. The van der Waals surface area contributed by atoms with Crippen molar-refractivity contribution in [1.29, 1.82) is 0 Å². The van der Waals surface area contributed by atoms with Gasteiger partial charge in [0.15, 0.2) is 0 Å². The monoisotopic (exact) mass is 319 g/mol. The van der Waals surface area contributed by atoms with Gasteiger partial charge in [0.25, 0.3) is 0 Å². The molecule has 22 heavy (non-hydrogen) atoms. The molecule has 2 atom stereocenters. The zero-order chi connectivity index (χ0) is 16.8. The Kier molecular flexibility index (Phi) is 6.52. The Morgan fingerprint density at radius 3 is 2.23 bits per heavy atom. The Morgan fingerprint density at radius 2 is 1.82 bits per heavy atom. The van der Waals surface area contributed by atoms with Gasteiger partial charge in [0.1, 0.15) is 11.8 Å². The van der Waals surface area contributed by atoms with Gasteiger partial charge in [-0.15, -0.1) is 0 Å². The molecule has 1 N–H and O–H groups in total. The summed E-state index contributed by atoms with van der Waals surface area (Å²) in [5, 5.41) is 2.38. The molecule has 0 amide bonds. The highest BCUT2D eigenvalue weighted by Gasteiger charge is 2.47. The van der Waals surface area contributed by atoms with Crippen molar-refractivity contribution in [2.75, 3.05) is 19.0 Å². The normalized spacial score (nSPS) is 14.1. The van der Waals surface area contributed by atoms with E-state index in [2.05, 4.69) is 5.32 Å². The first kappa shape index (κ1) is 18.1. The Hall–Kier alpha value is -1.92. The summed E-state index contributed by atoms with van der Waals surface area (Å²) in [6.07, 6.45) is -4.56. The standard InChI is InChI=1S/C15H20F3NO3/c1-4-12(14(20)22-5-2)13(15(16,17)18)19-10-6-8-11(21-3)9-7-10/h6-9,12-13,19H,4-5H2,1-3H3/t12-,13-/m0/s1. The van der Waals surface area contributed by atoms with Gasteiger partial charge in [0, 0.05) is 5.69 Å². The molecule has 0 saturated carbocycles. The van der Waals surface area contributed by atoms with Gasteiger partial charge < -0.3 is 14.8 Å². The number of carbonyl (C=O) groups excluding carboxylic acids is 1. The molecule has 0 saturated heterocycles. The Labute approximate surface area is 127 Å². The van der Waals surface area contributed by atoms with Crippen molar-refractivity contribution in [1.82, 2.24) is 0 Å². The van der Waals surface area contributed by atoms with Crippen molar-refractivity contribution in [2.24, 2.45) is 5.92 Å². The van der Waals surface area contributed by atoms with E-state index >= 15 is 0 Å². The summed E-state index contributed by atoms with van der Waals surface area (Å²) in [6, 6.07) is 4.01. The van der Waals surface area contributed by atoms with E-state index in [9.17, 15) is 18.0 Å². The van der Waals surface area contributed by atoms with E-state index in [1.165, 1.54) is 26.2 Å². The summed E-state index contributed by atoms with van der Waals surface area (Å²) in [7, 11) is 1.47. The first-order valence-electron chi connectivity index (χ1n) is 6.97. The van der Waals surface area contributed by atoms with E-state index < -0.39 is 24.1 Å². The summed E-state index contributed by atoms with van der Waals surface area (Å²) < 4.78 is 49.6. The number of carbonyl (C=O) groups is 1. The Bertz CT molecular complexity index is 474. The number of benzene rings is 1. The van der Waals surface area contributed by atoms with E-state index in [0.717, 1.165) is 0 Å². The SMILES string of the molecule is CCOC(=O)[C@@H](CC)[C@H](Nc1ccc(OC)cc1)C(F)(F)F. The second-order valence-electron chi connectivity index (χ2n) is 4.66. The molecule has 0 heterocycles. The molecule has 0 bridgehead atoms. The minimum Gasteiger partial charge on any atom is -0.497 e. The van der Waals surface area contributed by atoms with Gasteiger partial charge in [0.05, 0.1) is 19.6 Å². The van der Waals surface area contributed by atoms with Gasteiger partial charge in [0.2, 0.25) is 0 Å². The van der Waals surface area contributed by atoms with Crippen LogP contribution in [0, 0.1) is 5.92 Å². The lowest BCUT2D eigenvalue weighted by Gasteiger charge is -2.28. The highest BCUT2D eigenvalue weighted by Crippen LogP contribution is 2.31. The number of hydrogen-bond acceptors (Lipinski definition) is 4. The van der Waals surface area contributed by atoms with Crippen LogP contribution in [0.3, 0.4) is 0 Å². The maximum atomic E-state index is 13.3. The first-order valence-corrected chi connectivity index (χ1v) is 6.97. The van der Waals surface area contributed by atoms with Crippen LogP contribution in [0.4, 0.5) is 18.9 Å². The summed E-state index contributed by atoms with van der Waals surface area (Å²) >= 11 is 0. The number of esters is 1. The van der Waals surface area contributed by atoms with Crippen LogP contribution in [0.25, 0.3) is 0 Å². The fourth-order valence-electron chi connectivity index (χ4n) is 2.07. The van der Waals surface area contributed by atoms with E-state index in [0.29, 0.717) is 5.75 Å². The predicted octanol–water partition coefficient (Wildman–Crippen LogP) is 3.63. The Balaban J connectivity index is 2.98. The lowest BCUT2D eigenvalue weighted by atomic mass is 9.96. The molecule has 0 aliphatic carbocycles. The van der Waals surface area contributed by atoms with Crippen LogP contribution in [-0.2, 0) is 9.53 Å². The zero-order valence-corrected chi connectivity index (χ0v) is 12.7. The minimum atomic E-state index is -4.58. The molecule has 1 aromatic rings. The van der Waals surface area contributed by atoms with Crippen LogP contribution in [0.1, 0.15) is 20.3 Å². The number of methoxy groups -OCH3 is 1. The molecule has 0 aliphatic rings.